The number of aromatic nitrogens is 4. The largest absolute Gasteiger partial charge is 1.00 e. The Balaban J connectivity index is 0.00000144. The van der Waals surface area contributed by atoms with Crippen molar-refractivity contribution in [3.05, 3.63) is 0 Å². The number of carbonyl (C=O) groups is 1. The van der Waals surface area contributed by atoms with Gasteiger partial charge in [0, 0.05) is 5.16 Å². The summed E-state index contributed by atoms with van der Waals surface area (Å²) < 4.78 is 1.18. The average molecular weight is 211 g/mol. The number of tetrazole rings is 1. The van der Waals surface area contributed by atoms with Crippen LogP contribution in [0.1, 0.15) is 0 Å². The Morgan fingerprint density at radius 2 is 2.46 bits per heavy atom. The van der Waals surface area contributed by atoms with Crippen LogP contribution in [0.4, 0.5) is 0 Å². The standard InChI is InChI=1S/C4H7N5O2S.Na/c1-11-6-3(10)2-9-4(12)5-7-8-9;/h2H2,1H3,(H,6,10)(H,5,8,12);/q;+1/p-1. The molecule has 0 bridgehead atoms. The predicted molar refractivity (Wildman–Crippen MR) is 38.6 cm³/mol. The van der Waals surface area contributed by atoms with E-state index < -0.39 is 0 Å². The molecule has 66 valence electrons. The van der Waals surface area contributed by atoms with Gasteiger partial charge in [0.25, 0.3) is 5.91 Å². The molecule has 0 aliphatic carbocycles. The minimum absolute atomic E-state index is 0. The summed E-state index contributed by atoms with van der Waals surface area (Å²) >= 11 is 4.69. The molecule has 0 saturated heterocycles. The maximum atomic E-state index is 10.9. The number of hydrogen-bond donors (Lipinski definition) is 1. The Hall–Kier alpha value is -0.280. The number of amides is 1. The van der Waals surface area contributed by atoms with E-state index in [-0.39, 0.29) is 47.2 Å². The van der Waals surface area contributed by atoms with Crippen LogP contribution in [0.25, 0.3) is 0 Å². The van der Waals surface area contributed by atoms with Gasteiger partial charge in [-0.05, 0) is 10.4 Å². The number of nitrogens with one attached hydrogen (secondary N) is 1. The first-order chi connectivity index (χ1) is 5.74. The van der Waals surface area contributed by atoms with Gasteiger partial charge in [-0.3, -0.25) is 9.63 Å². The van der Waals surface area contributed by atoms with Gasteiger partial charge in [-0.25, -0.2) is 10.2 Å². The fourth-order valence-corrected chi connectivity index (χ4v) is 0.715. The Morgan fingerprint density at radius 1 is 1.77 bits per heavy atom. The van der Waals surface area contributed by atoms with Crippen molar-refractivity contribution in [3.63, 3.8) is 0 Å². The number of rotatable bonds is 3. The summed E-state index contributed by atoms with van der Waals surface area (Å²) in [5.41, 5.74) is 2.11. The third kappa shape index (κ3) is 3.96. The number of nitrogens with zero attached hydrogens (tertiary/aromatic N) is 4. The van der Waals surface area contributed by atoms with E-state index in [2.05, 4.69) is 25.8 Å². The van der Waals surface area contributed by atoms with Crippen molar-refractivity contribution in [1.82, 2.24) is 25.7 Å². The van der Waals surface area contributed by atoms with Gasteiger partial charge in [0.15, 0.2) is 0 Å². The molecule has 1 aromatic heterocycles. The third-order valence-corrected chi connectivity index (χ3v) is 1.30. The van der Waals surface area contributed by atoms with Crippen LogP contribution in [0.3, 0.4) is 0 Å². The van der Waals surface area contributed by atoms with Crippen molar-refractivity contribution in [2.24, 2.45) is 0 Å². The quantitative estimate of drug-likeness (QED) is 0.307. The van der Waals surface area contributed by atoms with Crippen LogP contribution in [-0.2, 0) is 28.8 Å². The van der Waals surface area contributed by atoms with E-state index in [1.165, 1.54) is 11.8 Å². The van der Waals surface area contributed by atoms with Crippen molar-refractivity contribution >= 4 is 18.5 Å². The van der Waals surface area contributed by atoms with E-state index in [1.807, 2.05) is 0 Å². The summed E-state index contributed by atoms with van der Waals surface area (Å²) in [5, 5.41) is 10.3. The summed E-state index contributed by atoms with van der Waals surface area (Å²) in [6.07, 6.45) is 0. The van der Waals surface area contributed by atoms with Gasteiger partial charge in [0.1, 0.15) is 6.54 Å². The van der Waals surface area contributed by atoms with Gasteiger partial charge >= 0.3 is 29.6 Å². The maximum Gasteiger partial charge on any atom is 1.00 e. The van der Waals surface area contributed by atoms with Crippen LogP contribution in [0.15, 0.2) is 5.16 Å². The fraction of sp³-hybridized carbons (Fsp3) is 0.500. The van der Waals surface area contributed by atoms with E-state index in [0.717, 1.165) is 0 Å². The van der Waals surface area contributed by atoms with Gasteiger partial charge in [0.05, 0.1) is 7.11 Å². The fourth-order valence-electron chi connectivity index (χ4n) is 0.578. The molecule has 0 aliphatic heterocycles. The third-order valence-electron chi connectivity index (χ3n) is 1.01. The Bertz CT molecular complexity index is 279. The van der Waals surface area contributed by atoms with Gasteiger partial charge in [-0.15, -0.1) is 5.10 Å². The molecule has 0 aliphatic rings. The zero-order chi connectivity index (χ0) is 8.97. The molecule has 13 heavy (non-hydrogen) atoms. The second-order valence-corrected chi connectivity index (χ2v) is 2.21. The summed E-state index contributed by atoms with van der Waals surface area (Å²) in [7, 11) is 1.34. The predicted octanol–water partition coefficient (Wildman–Crippen LogP) is -4.74. The van der Waals surface area contributed by atoms with Crippen LogP contribution in [-0.4, -0.2) is 33.2 Å². The first-order valence-electron chi connectivity index (χ1n) is 2.99. The molecule has 0 aromatic carbocycles. The smallest absolute Gasteiger partial charge is 0.739 e. The van der Waals surface area contributed by atoms with E-state index in [0.29, 0.717) is 0 Å². The van der Waals surface area contributed by atoms with E-state index in [4.69, 9.17) is 12.6 Å². The molecule has 1 aromatic rings. The van der Waals surface area contributed by atoms with Crippen molar-refractivity contribution in [3.8, 4) is 0 Å². The zero-order valence-corrected chi connectivity index (χ0v) is 10.0. The van der Waals surface area contributed by atoms with Crippen molar-refractivity contribution in [1.29, 1.82) is 0 Å². The molecule has 0 saturated carbocycles. The molecule has 9 heteroatoms. The summed E-state index contributed by atoms with van der Waals surface area (Å²) in [5.74, 6) is -0.365. The normalized spacial score (nSPS) is 9.00. The zero-order valence-electron chi connectivity index (χ0n) is 7.22. The van der Waals surface area contributed by atoms with Crippen LogP contribution in [0.2, 0.25) is 0 Å². The van der Waals surface area contributed by atoms with Crippen LogP contribution >= 0.6 is 0 Å². The van der Waals surface area contributed by atoms with Gasteiger partial charge in [-0.2, -0.15) is 0 Å². The van der Waals surface area contributed by atoms with E-state index in [9.17, 15) is 4.79 Å². The molecule has 0 unspecified atom stereocenters. The molecule has 7 nitrogen and oxygen atoms in total. The van der Waals surface area contributed by atoms with Crippen LogP contribution < -0.4 is 35.0 Å². The second kappa shape index (κ2) is 6.22. The average Bonchev–Trinajstić information content (AvgIpc) is 2.37. The molecule has 0 radical (unpaired) electrons. The second-order valence-electron chi connectivity index (χ2n) is 1.85. The Labute approximate surface area is 102 Å². The number of carbonyl (C=O) groups excluding carboxylic acids is 1. The SMILES string of the molecule is CONC(=O)Cn1nnnc1[S-].[Na+]. The molecule has 1 rings (SSSR count). The summed E-state index contributed by atoms with van der Waals surface area (Å²) in [6, 6.07) is 0. The molecule has 0 atom stereocenters. The van der Waals surface area contributed by atoms with Gasteiger partial charge < -0.3 is 12.6 Å². The van der Waals surface area contributed by atoms with Gasteiger partial charge in [0.2, 0.25) is 0 Å². The maximum absolute atomic E-state index is 10.9. The first kappa shape index (κ1) is 12.7. The molecule has 1 heterocycles. The van der Waals surface area contributed by atoms with Gasteiger partial charge in [-0.1, -0.05) is 0 Å². The van der Waals surface area contributed by atoms with Crippen molar-refractivity contribution in [2.75, 3.05) is 7.11 Å². The molecular formula is C4H6N5NaO2S. The Morgan fingerprint density at radius 3 is 2.92 bits per heavy atom. The number of hydroxylamine groups is 1. The van der Waals surface area contributed by atoms with Crippen LogP contribution in [0.5, 0.6) is 0 Å². The molecule has 0 spiro atoms. The van der Waals surface area contributed by atoms with Crippen molar-refractivity contribution in [2.45, 2.75) is 11.7 Å². The van der Waals surface area contributed by atoms with E-state index in [1.54, 1.807) is 0 Å². The summed E-state index contributed by atoms with van der Waals surface area (Å²) in [6.45, 7) is -0.0420. The molecular weight excluding hydrogens is 205 g/mol. The first-order valence-corrected chi connectivity index (χ1v) is 3.40. The minimum atomic E-state index is -0.365. The van der Waals surface area contributed by atoms with Crippen LogP contribution in [0, 0.1) is 0 Å². The molecule has 1 amide bonds. The van der Waals surface area contributed by atoms with Crippen molar-refractivity contribution < 1.29 is 39.2 Å². The topological polar surface area (TPSA) is 81.9 Å². The minimum Gasteiger partial charge on any atom is -0.739 e. The monoisotopic (exact) mass is 211 g/mol. The molecule has 0 fully saturated rings. The van der Waals surface area contributed by atoms with E-state index >= 15 is 0 Å². The Kier molecular flexibility index (Phi) is 6.08. The number of hydrogen-bond acceptors (Lipinski definition) is 6. The summed E-state index contributed by atoms with van der Waals surface area (Å²) in [4.78, 5) is 15.2. The molecule has 1 N–H and O–H groups in total.